The molecule has 2 atom stereocenters. The zero-order valence-corrected chi connectivity index (χ0v) is 29.9. The highest BCUT2D eigenvalue weighted by Gasteiger charge is 2.66. The lowest BCUT2D eigenvalue weighted by molar-refractivity contribution is -0.389. The number of nitrogens with zero attached hydrogens (tertiary/aromatic N) is 2. The summed E-state index contributed by atoms with van der Waals surface area (Å²) in [7, 11) is 0. The molecule has 7 aliphatic rings. The number of morpholine rings is 1. The van der Waals surface area contributed by atoms with Crippen molar-refractivity contribution < 1.29 is 57.8 Å². The van der Waals surface area contributed by atoms with Crippen LogP contribution < -0.4 is 10.6 Å². The molecule has 1 spiro atoms. The third-order valence-electron chi connectivity index (χ3n) is 11.4. The maximum atomic E-state index is 12.9. The molecular weight excluding hydrogens is 668 g/mol. The number of carboxylic acid groups (broad SMARTS) is 1. The van der Waals surface area contributed by atoms with Gasteiger partial charge in [-0.15, -0.1) is 0 Å². The molecule has 7 fully saturated rings. The summed E-state index contributed by atoms with van der Waals surface area (Å²) >= 11 is 0. The lowest BCUT2D eigenvalue weighted by Gasteiger charge is -2.57. The Kier molecular flexibility index (Phi) is 11.6. The van der Waals surface area contributed by atoms with Crippen molar-refractivity contribution in [2.24, 2.45) is 23.7 Å². The van der Waals surface area contributed by atoms with Crippen LogP contribution in [0.4, 0.5) is 9.59 Å². The van der Waals surface area contributed by atoms with Gasteiger partial charge < -0.3 is 44.5 Å². The van der Waals surface area contributed by atoms with Crippen LogP contribution >= 0.6 is 0 Å². The number of amides is 4. The van der Waals surface area contributed by atoms with Crippen LogP contribution in [0.3, 0.4) is 0 Å². The van der Waals surface area contributed by atoms with Crippen LogP contribution in [-0.4, -0.2) is 121 Å². The van der Waals surface area contributed by atoms with Crippen LogP contribution in [0.25, 0.3) is 0 Å². The molecule has 7 rings (SSSR count). The summed E-state index contributed by atoms with van der Waals surface area (Å²) in [5, 5.41) is 15.2. The van der Waals surface area contributed by atoms with Crippen molar-refractivity contribution in [1.82, 2.24) is 20.4 Å². The maximum Gasteiger partial charge on any atom is 0.508 e. The highest BCUT2D eigenvalue weighted by atomic mass is 17.3. The van der Waals surface area contributed by atoms with Crippen molar-refractivity contribution in [2.45, 2.75) is 114 Å². The highest BCUT2D eigenvalue weighted by molar-refractivity contribution is 5.82. The molecule has 16 nitrogen and oxygen atoms in total. The monoisotopic (exact) mass is 722 g/mol. The quantitative estimate of drug-likeness (QED) is 0.127. The summed E-state index contributed by atoms with van der Waals surface area (Å²) in [5.74, 6) is -1.81. The van der Waals surface area contributed by atoms with Crippen molar-refractivity contribution in [2.75, 3.05) is 52.5 Å². The largest absolute Gasteiger partial charge is 0.508 e. The standard InChI is InChI=1S/C35H54N4O12/c1-33(2,22-27(30(42)43)37-31(44)39-12-15-46-16-13-39)48-32(45)47-14-8-34(7-6-28(40)36-9-4-11-38-10-3-5-29(38)41)49-35(51-50-34)25-18-23-17-24(20-25)21-26(35)19-23/h23-27H,3-22H2,1-2H3,(H,36,40)(H,37,44)(H,42,43). The predicted molar refractivity (Wildman–Crippen MR) is 177 cm³/mol. The van der Waals surface area contributed by atoms with Gasteiger partial charge in [0.05, 0.1) is 13.2 Å². The molecule has 3 heterocycles. The van der Waals surface area contributed by atoms with Gasteiger partial charge >= 0.3 is 18.2 Å². The summed E-state index contributed by atoms with van der Waals surface area (Å²) in [6.45, 7) is 6.16. The van der Waals surface area contributed by atoms with E-state index in [1.165, 1.54) is 11.3 Å². The predicted octanol–water partition coefficient (Wildman–Crippen LogP) is 2.93. The summed E-state index contributed by atoms with van der Waals surface area (Å²) in [4.78, 5) is 77.8. The fourth-order valence-electron chi connectivity index (χ4n) is 9.04. The molecule has 51 heavy (non-hydrogen) atoms. The number of carbonyl (C=O) groups is 5. The summed E-state index contributed by atoms with van der Waals surface area (Å²) in [5.41, 5.74) is -1.30. The Labute approximate surface area is 298 Å². The molecule has 3 aliphatic heterocycles. The maximum absolute atomic E-state index is 12.9. The smallest absolute Gasteiger partial charge is 0.480 e. The molecule has 2 unspecified atom stereocenters. The zero-order valence-electron chi connectivity index (χ0n) is 29.9. The van der Waals surface area contributed by atoms with Gasteiger partial charge in [-0.05, 0) is 70.6 Å². The summed E-state index contributed by atoms with van der Waals surface area (Å²) in [6, 6.07) is -1.84. The average Bonchev–Trinajstić information content (AvgIpc) is 3.68. The lowest BCUT2D eigenvalue weighted by Crippen LogP contribution is -2.59. The molecule has 286 valence electrons. The molecule has 0 aromatic carbocycles. The van der Waals surface area contributed by atoms with Crippen LogP contribution in [0.2, 0.25) is 0 Å². The molecule has 0 radical (unpaired) electrons. The van der Waals surface area contributed by atoms with Crippen molar-refractivity contribution in [3.8, 4) is 0 Å². The van der Waals surface area contributed by atoms with Gasteiger partial charge in [-0.2, -0.15) is 9.78 Å². The molecule has 0 aromatic rings. The Balaban J connectivity index is 1.01. The first kappa shape index (κ1) is 37.5. The van der Waals surface area contributed by atoms with Crippen LogP contribution in [0.1, 0.15) is 90.9 Å². The minimum atomic E-state index is -1.33. The Morgan fingerprint density at radius 1 is 1.00 bits per heavy atom. The number of carboxylic acids is 1. The summed E-state index contributed by atoms with van der Waals surface area (Å²) < 4.78 is 23.0. The van der Waals surface area contributed by atoms with Crippen molar-refractivity contribution in [1.29, 1.82) is 0 Å². The van der Waals surface area contributed by atoms with Gasteiger partial charge in [-0.3, -0.25) is 9.59 Å². The van der Waals surface area contributed by atoms with Crippen LogP contribution in [0.15, 0.2) is 0 Å². The normalized spacial score (nSPS) is 31.9. The number of rotatable bonds is 15. The molecular formula is C35H54N4O12. The first-order valence-electron chi connectivity index (χ1n) is 18.7. The fourth-order valence-corrected chi connectivity index (χ4v) is 9.04. The van der Waals surface area contributed by atoms with Gasteiger partial charge in [0, 0.05) is 76.7 Å². The van der Waals surface area contributed by atoms with Gasteiger partial charge in [0.1, 0.15) is 18.2 Å². The van der Waals surface area contributed by atoms with Crippen LogP contribution in [0, 0.1) is 23.7 Å². The minimum absolute atomic E-state index is 0.0777. The Bertz CT molecular complexity index is 1280. The number of ether oxygens (including phenoxy) is 4. The van der Waals surface area contributed by atoms with Crippen molar-refractivity contribution >= 4 is 30.0 Å². The molecule has 4 aliphatic carbocycles. The van der Waals surface area contributed by atoms with Gasteiger partial charge in [-0.1, -0.05) is 0 Å². The van der Waals surface area contributed by atoms with E-state index >= 15 is 0 Å². The third-order valence-corrected chi connectivity index (χ3v) is 11.4. The van der Waals surface area contributed by atoms with E-state index in [2.05, 4.69) is 10.6 Å². The highest BCUT2D eigenvalue weighted by Crippen LogP contribution is 2.63. The van der Waals surface area contributed by atoms with Crippen LogP contribution in [0.5, 0.6) is 0 Å². The molecule has 16 heteroatoms. The number of aliphatic carboxylic acids is 1. The van der Waals surface area contributed by atoms with Gasteiger partial charge in [-0.25, -0.2) is 14.4 Å². The Hall–Kier alpha value is -3.21. The van der Waals surface area contributed by atoms with Crippen LogP contribution in [-0.2, 0) is 43.1 Å². The van der Waals surface area contributed by atoms with E-state index in [0.717, 1.165) is 38.6 Å². The van der Waals surface area contributed by atoms with E-state index in [9.17, 15) is 29.1 Å². The SMILES string of the molecule is CC(C)(CC(NC(=O)N1CCOCC1)C(=O)O)OC(=O)OCCC1(CCC(=O)NCCCN2CCCC2=O)OOC2(O1)C1CC3CC(C1)CC2C3. The first-order valence-corrected chi connectivity index (χ1v) is 18.7. The molecule has 3 N–H and O–H groups in total. The second-order valence-electron chi connectivity index (χ2n) is 15.7. The van der Waals surface area contributed by atoms with E-state index in [1.54, 1.807) is 13.8 Å². The second-order valence-corrected chi connectivity index (χ2v) is 15.7. The number of carbonyl (C=O) groups excluding carboxylic acids is 4. The number of hydrogen-bond acceptors (Lipinski definition) is 11. The number of nitrogens with one attached hydrogen (secondary N) is 2. The molecule has 4 bridgehead atoms. The summed E-state index contributed by atoms with van der Waals surface area (Å²) in [6.07, 6.45) is 6.53. The first-order chi connectivity index (χ1) is 24.4. The number of hydrogen-bond donors (Lipinski definition) is 3. The topological polar surface area (TPSA) is 192 Å². The fraction of sp³-hybridized carbons (Fsp3) is 0.857. The molecule has 4 amide bonds. The molecule has 0 aromatic heterocycles. The minimum Gasteiger partial charge on any atom is -0.480 e. The average molecular weight is 723 g/mol. The van der Waals surface area contributed by atoms with E-state index < -0.39 is 41.4 Å². The van der Waals surface area contributed by atoms with E-state index in [0.29, 0.717) is 64.1 Å². The van der Waals surface area contributed by atoms with Crippen molar-refractivity contribution in [3.05, 3.63) is 0 Å². The molecule has 4 saturated carbocycles. The van der Waals surface area contributed by atoms with E-state index in [4.69, 9.17) is 28.7 Å². The zero-order chi connectivity index (χ0) is 36.2. The molecule has 3 saturated heterocycles. The van der Waals surface area contributed by atoms with Gasteiger partial charge in [0.2, 0.25) is 23.4 Å². The number of likely N-dealkylation sites (tertiary alicyclic amines) is 1. The Morgan fingerprint density at radius 3 is 2.35 bits per heavy atom. The van der Waals surface area contributed by atoms with Gasteiger partial charge in [0.15, 0.2) is 0 Å². The van der Waals surface area contributed by atoms with E-state index in [-0.39, 0.29) is 55.9 Å². The number of urea groups is 1. The van der Waals surface area contributed by atoms with E-state index in [1.807, 2.05) is 4.90 Å². The lowest BCUT2D eigenvalue weighted by atomic mass is 9.53. The Morgan fingerprint density at radius 2 is 1.71 bits per heavy atom. The van der Waals surface area contributed by atoms with Gasteiger partial charge in [0.25, 0.3) is 0 Å². The second kappa shape index (κ2) is 15.8. The third kappa shape index (κ3) is 9.06. The van der Waals surface area contributed by atoms with Crippen molar-refractivity contribution in [3.63, 3.8) is 0 Å².